The Morgan fingerprint density at radius 2 is 1.30 bits per heavy atom. The Morgan fingerprint density at radius 1 is 0.767 bits per heavy atom. The fourth-order valence-corrected chi connectivity index (χ4v) is 7.21. The summed E-state index contributed by atoms with van der Waals surface area (Å²) in [5, 5.41) is 28.0. The number of anilines is 5. The third-order valence-electron chi connectivity index (χ3n) is 6.91. The van der Waals surface area contributed by atoms with Gasteiger partial charge < -0.3 is 34.2 Å². The molecule has 24 nitrogen and oxygen atoms in total. The summed E-state index contributed by atoms with van der Waals surface area (Å²) >= 11 is 6.01. The van der Waals surface area contributed by atoms with Crippen molar-refractivity contribution in [1.82, 2.24) is 15.0 Å². The van der Waals surface area contributed by atoms with Crippen LogP contribution in [-0.4, -0.2) is 98.3 Å². The van der Waals surface area contributed by atoms with Gasteiger partial charge in [-0.3, -0.25) is 8.98 Å². The van der Waals surface area contributed by atoms with E-state index in [1.54, 1.807) is 0 Å². The molecule has 0 aliphatic carbocycles. The first-order valence-corrected chi connectivity index (χ1v) is 20.8. The predicted molar refractivity (Wildman–Crippen MR) is 183 cm³/mol. The third kappa shape index (κ3) is 15.3. The predicted octanol–water partition coefficient (Wildman–Crippen LogP) is -12.3. The van der Waals surface area contributed by atoms with E-state index in [1.807, 2.05) is 0 Å². The molecule has 0 spiro atoms. The normalized spacial score (nSPS) is 14.2. The second-order valence-electron chi connectivity index (χ2n) is 10.7. The number of rotatable bonds is 15. The Labute approximate surface area is 434 Å². The molecule has 0 saturated carbocycles. The van der Waals surface area contributed by atoms with Crippen LogP contribution in [0.4, 0.5) is 34.6 Å². The summed E-state index contributed by atoms with van der Waals surface area (Å²) in [5.74, 6) is -4.47. The van der Waals surface area contributed by atoms with Gasteiger partial charge in [0.2, 0.25) is 27.6 Å². The number of carboxylic acids is 1. The first-order chi connectivity index (χ1) is 26.0. The van der Waals surface area contributed by atoms with Crippen LogP contribution in [0, 0.1) is 0 Å². The van der Waals surface area contributed by atoms with E-state index < -0.39 is 97.2 Å². The van der Waals surface area contributed by atoms with Gasteiger partial charge in [-0.1, -0.05) is 0 Å². The number of sulfone groups is 1. The van der Waals surface area contributed by atoms with Crippen LogP contribution in [0.25, 0.3) is 0 Å². The van der Waals surface area contributed by atoms with Gasteiger partial charge in [0.1, 0.15) is 31.6 Å². The SMILES string of the molecule is O=C([O-])C1=NN(c2ccc(S(=O)(=O)[O-])cc2)C(=O)C1N=Nc1ccc(Nc2nc(Cl)nc(Nc3ccc(S(=O)(=O)CCOS(=O)(=O)[O-])cc3)n2)cc1S(=O)(=O)[O-].[Na+].[Na+].[Na+].[Na+]. The monoisotopic (exact) mass is 963 g/mol. The van der Waals surface area contributed by atoms with Crippen LogP contribution < -0.4 is 139 Å². The topological polar surface area (TPSA) is 375 Å². The molecule has 1 atom stereocenters. The summed E-state index contributed by atoms with van der Waals surface area (Å²) in [6.07, 6.45) is 0. The molecule has 1 amide bonds. The van der Waals surface area contributed by atoms with Gasteiger partial charge in [0, 0.05) is 11.4 Å². The summed E-state index contributed by atoms with van der Waals surface area (Å²) in [5.41, 5.74) is -1.74. The van der Waals surface area contributed by atoms with Crippen LogP contribution in [0.2, 0.25) is 5.28 Å². The molecule has 3 aromatic carbocycles. The fraction of sp³-hybridized carbons (Fsp3) is 0.111. The molecular weight excluding hydrogens is 946 g/mol. The molecule has 0 fully saturated rings. The Kier molecular flexibility index (Phi) is 21.5. The standard InChI is InChI=1S/C27H22ClN9O15S4.4Na/c28-25-31-26(29-14-1-6-17(7-2-14)53(41,42)12-11-52-56(49,50)51)33-27(32-25)30-15-3-10-19(20(13-15)55(46,47)48)34-35-21-22(24(39)40)36-37(23(21)38)16-4-8-18(9-5-16)54(43,44)45;;;;/h1-10,13,21H,11-12H2,(H,39,40)(H,43,44,45)(H,46,47,48)(H,49,50,51)(H2,29,30,31,32,33);;;;/q;4*+1/p-4. The van der Waals surface area contributed by atoms with E-state index in [2.05, 4.69) is 45.1 Å². The van der Waals surface area contributed by atoms with Crippen LogP contribution in [0.1, 0.15) is 0 Å². The minimum atomic E-state index is -5.34. The van der Waals surface area contributed by atoms with Gasteiger partial charge in [0.25, 0.3) is 5.91 Å². The molecule has 0 saturated heterocycles. The summed E-state index contributed by atoms with van der Waals surface area (Å²) < 4.78 is 131. The maximum Gasteiger partial charge on any atom is 1.00 e. The van der Waals surface area contributed by atoms with Gasteiger partial charge in [-0.05, 0) is 78.3 Å². The average Bonchev–Trinajstić information content (AvgIpc) is 3.42. The number of carboxylic acid groups (broad SMARTS) is 1. The number of hydrogen-bond acceptors (Lipinski definition) is 23. The zero-order chi connectivity index (χ0) is 41.2. The number of azo groups is 1. The number of nitrogens with one attached hydrogen (secondary N) is 2. The molecule has 0 bridgehead atoms. The van der Waals surface area contributed by atoms with Gasteiger partial charge in [0.05, 0.1) is 38.7 Å². The minimum Gasteiger partial charge on any atom is -0.744 e. The molecule has 33 heteroatoms. The van der Waals surface area contributed by atoms with Crippen molar-refractivity contribution in [3.05, 3.63) is 72.0 Å². The van der Waals surface area contributed by atoms with Crippen molar-refractivity contribution in [3.63, 3.8) is 0 Å². The summed E-state index contributed by atoms with van der Waals surface area (Å²) in [4.78, 5) is 34.7. The Hall–Kier alpha value is -1.59. The molecule has 2 heterocycles. The van der Waals surface area contributed by atoms with Crippen molar-refractivity contribution >= 4 is 104 Å². The number of nitrogens with zero attached hydrogens (tertiary/aromatic N) is 7. The second-order valence-corrected chi connectivity index (χ2v) is 16.9. The minimum absolute atomic E-state index is 0. The molecule has 1 unspecified atom stereocenters. The molecule has 1 aliphatic rings. The molecule has 60 heavy (non-hydrogen) atoms. The number of benzene rings is 3. The largest absolute Gasteiger partial charge is 1.00 e. The van der Waals surface area contributed by atoms with E-state index in [9.17, 15) is 62.0 Å². The van der Waals surface area contributed by atoms with E-state index in [0.29, 0.717) is 5.01 Å². The molecule has 0 radical (unpaired) electrons. The number of aromatic nitrogens is 3. The van der Waals surface area contributed by atoms with Crippen molar-refractivity contribution in [2.24, 2.45) is 15.3 Å². The Bertz CT molecular complexity index is 2760. The number of carbonyl (C=O) groups is 2. The molecule has 296 valence electrons. The zero-order valence-electron chi connectivity index (χ0n) is 31.1. The van der Waals surface area contributed by atoms with Gasteiger partial charge in [-0.25, -0.2) is 33.7 Å². The molecule has 2 N–H and O–H groups in total. The average molecular weight is 964 g/mol. The van der Waals surface area contributed by atoms with Gasteiger partial charge >= 0.3 is 118 Å². The number of aliphatic carboxylic acids is 1. The third-order valence-corrected chi connectivity index (χ3v) is 10.9. The summed E-state index contributed by atoms with van der Waals surface area (Å²) in [7, 11) is -19.3. The zero-order valence-corrected chi connectivity index (χ0v) is 43.1. The molecular formula is C27H18ClN9Na4O15S4. The smallest absolute Gasteiger partial charge is 0.744 e. The van der Waals surface area contributed by atoms with Crippen molar-refractivity contribution in [2.75, 3.05) is 28.0 Å². The summed E-state index contributed by atoms with van der Waals surface area (Å²) in [6, 6.07) is 9.36. The van der Waals surface area contributed by atoms with E-state index in [0.717, 1.165) is 54.6 Å². The van der Waals surface area contributed by atoms with Crippen LogP contribution in [0.15, 0.2) is 96.7 Å². The molecule has 1 aromatic heterocycles. The van der Waals surface area contributed by atoms with E-state index in [1.165, 1.54) is 12.1 Å². The van der Waals surface area contributed by atoms with E-state index >= 15 is 0 Å². The first kappa shape index (κ1) is 56.4. The molecule has 5 rings (SSSR count). The Morgan fingerprint density at radius 3 is 1.82 bits per heavy atom. The van der Waals surface area contributed by atoms with Crippen molar-refractivity contribution < 1.29 is 184 Å². The Balaban J connectivity index is 0.00000450. The van der Waals surface area contributed by atoms with Crippen molar-refractivity contribution in [3.8, 4) is 0 Å². The van der Waals surface area contributed by atoms with Gasteiger partial charge in [-0.15, -0.1) is 0 Å². The second kappa shape index (κ2) is 22.9. The summed E-state index contributed by atoms with van der Waals surface area (Å²) in [6.45, 7) is -0.897. The van der Waals surface area contributed by atoms with E-state index in [4.69, 9.17) is 11.6 Å². The number of hydrazone groups is 1. The number of amides is 1. The van der Waals surface area contributed by atoms with Gasteiger partial charge in [-0.2, -0.15) is 35.3 Å². The van der Waals surface area contributed by atoms with Gasteiger partial charge in [0.15, 0.2) is 15.9 Å². The van der Waals surface area contributed by atoms with Crippen LogP contribution in [-0.2, 0) is 54.2 Å². The van der Waals surface area contributed by atoms with Crippen molar-refractivity contribution in [1.29, 1.82) is 0 Å². The maximum atomic E-state index is 13.1. The van der Waals surface area contributed by atoms with E-state index in [-0.39, 0.29) is 152 Å². The van der Waals surface area contributed by atoms with Crippen molar-refractivity contribution in [2.45, 2.75) is 20.7 Å². The van der Waals surface area contributed by atoms with Crippen LogP contribution in [0.3, 0.4) is 0 Å². The number of carbonyl (C=O) groups excluding carboxylic acids is 2. The molecule has 1 aliphatic heterocycles. The fourth-order valence-electron chi connectivity index (χ4n) is 4.46. The molecule has 4 aromatic rings. The quantitative estimate of drug-likeness (QED) is 0.0483. The number of hydrogen-bond donors (Lipinski definition) is 2. The maximum absolute atomic E-state index is 13.1. The number of halogens is 1. The van der Waals surface area contributed by atoms with Crippen LogP contribution >= 0.6 is 11.6 Å². The van der Waals surface area contributed by atoms with Crippen LogP contribution in [0.5, 0.6) is 0 Å². The first-order valence-electron chi connectivity index (χ1n) is 14.6.